The smallest absolute Gasteiger partial charge is 0.276 e. The number of anilines is 1. The second-order valence-electron chi connectivity index (χ2n) is 6.99. The van der Waals surface area contributed by atoms with Crippen LogP contribution in [-0.4, -0.2) is 44.3 Å². The lowest BCUT2D eigenvalue weighted by Gasteiger charge is -2.27. The number of primary amides is 1. The summed E-state index contributed by atoms with van der Waals surface area (Å²) in [5, 5.41) is 7.21. The fourth-order valence-corrected chi connectivity index (χ4v) is 3.69. The van der Waals surface area contributed by atoms with Crippen LogP contribution in [0.3, 0.4) is 0 Å². The molecule has 0 fully saturated rings. The lowest BCUT2D eigenvalue weighted by molar-refractivity contribution is 0.0995. The SMILES string of the molecule is CCn1nc(C)cc1C(=O)Nc1nc2cc(C(N)=O)cc3c2n1[C@@H](CCN)CO3. The Bertz CT molecular complexity index is 1110. The first-order chi connectivity index (χ1) is 13.9. The zero-order valence-corrected chi connectivity index (χ0v) is 16.3. The molecule has 1 aliphatic heterocycles. The summed E-state index contributed by atoms with van der Waals surface area (Å²) in [6.07, 6.45) is 0.650. The summed E-state index contributed by atoms with van der Waals surface area (Å²) in [6.45, 7) is 5.14. The van der Waals surface area contributed by atoms with E-state index in [2.05, 4.69) is 15.4 Å². The van der Waals surface area contributed by atoms with E-state index in [0.29, 0.717) is 60.1 Å². The fraction of sp³-hybridized carbons (Fsp3) is 0.368. The van der Waals surface area contributed by atoms with Crippen molar-refractivity contribution in [1.29, 1.82) is 0 Å². The van der Waals surface area contributed by atoms with Crippen LogP contribution < -0.4 is 21.5 Å². The zero-order chi connectivity index (χ0) is 20.7. The van der Waals surface area contributed by atoms with Crippen LogP contribution >= 0.6 is 0 Å². The van der Waals surface area contributed by atoms with Gasteiger partial charge in [0.2, 0.25) is 11.9 Å². The molecule has 0 aliphatic carbocycles. The first-order valence-electron chi connectivity index (χ1n) is 9.47. The van der Waals surface area contributed by atoms with Gasteiger partial charge in [-0.2, -0.15) is 5.10 Å². The maximum absolute atomic E-state index is 12.9. The number of benzene rings is 1. The number of carbonyl (C=O) groups is 2. The average Bonchev–Trinajstić information content (AvgIpc) is 3.25. The first kappa shape index (κ1) is 18.9. The molecule has 3 heterocycles. The Morgan fingerprint density at radius 3 is 2.83 bits per heavy atom. The summed E-state index contributed by atoms with van der Waals surface area (Å²) >= 11 is 0. The van der Waals surface area contributed by atoms with E-state index in [1.165, 1.54) is 0 Å². The van der Waals surface area contributed by atoms with Crippen LogP contribution in [0, 0.1) is 6.92 Å². The largest absolute Gasteiger partial charge is 0.489 e. The Balaban J connectivity index is 1.81. The van der Waals surface area contributed by atoms with E-state index >= 15 is 0 Å². The molecule has 1 aromatic carbocycles. The second-order valence-corrected chi connectivity index (χ2v) is 6.99. The molecule has 1 atom stereocenters. The van der Waals surface area contributed by atoms with Gasteiger partial charge in [0, 0.05) is 12.1 Å². The Labute approximate surface area is 166 Å². The number of carbonyl (C=O) groups excluding carboxylic acids is 2. The van der Waals surface area contributed by atoms with E-state index in [-0.39, 0.29) is 11.9 Å². The number of hydrogen-bond donors (Lipinski definition) is 3. The molecule has 0 saturated carbocycles. The highest BCUT2D eigenvalue weighted by molar-refractivity contribution is 6.04. The minimum atomic E-state index is -0.571. The molecule has 0 unspecified atom stereocenters. The molecule has 0 spiro atoms. The lowest BCUT2D eigenvalue weighted by atomic mass is 10.1. The molecule has 10 nitrogen and oxygen atoms in total. The highest BCUT2D eigenvalue weighted by Crippen LogP contribution is 2.38. The predicted molar refractivity (Wildman–Crippen MR) is 107 cm³/mol. The average molecular weight is 397 g/mol. The van der Waals surface area contributed by atoms with Crippen LogP contribution in [0.1, 0.15) is 45.9 Å². The minimum absolute atomic E-state index is 0.0925. The molecule has 2 amide bonds. The number of aromatic nitrogens is 4. The molecule has 1 aliphatic rings. The number of nitrogens with one attached hydrogen (secondary N) is 1. The highest BCUT2D eigenvalue weighted by Gasteiger charge is 2.29. The van der Waals surface area contributed by atoms with Crippen molar-refractivity contribution >= 4 is 28.8 Å². The van der Waals surface area contributed by atoms with Gasteiger partial charge in [-0.3, -0.25) is 19.6 Å². The van der Waals surface area contributed by atoms with Crippen LogP contribution in [0.5, 0.6) is 5.75 Å². The molecule has 152 valence electrons. The highest BCUT2D eigenvalue weighted by atomic mass is 16.5. The summed E-state index contributed by atoms with van der Waals surface area (Å²) in [5.74, 6) is -0.00453. The van der Waals surface area contributed by atoms with Gasteiger partial charge in [-0.05, 0) is 45.0 Å². The summed E-state index contributed by atoms with van der Waals surface area (Å²) in [6, 6.07) is 4.84. The van der Waals surface area contributed by atoms with Crippen molar-refractivity contribution < 1.29 is 14.3 Å². The van der Waals surface area contributed by atoms with Crippen molar-refractivity contribution in [2.75, 3.05) is 18.5 Å². The van der Waals surface area contributed by atoms with Crippen molar-refractivity contribution in [3.05, 3.63) is 35.2 Å². The number of rotatable bonds is 6. The van der Waals surface area contributed by atoms with Crippen molar-refractivity contribution in [2.24, 2.45) is 11.5 Å². The van der Waals surface area contributed by atoms with Crippen molar-refractivity contribution in [3.63, 3.8) is 0 Å². The van der Waals surface area contributed by atoms with E-state index < -0.39 is 5.91 Å². The van der Waals surface area contributed by atoms with Gasteiger partial charge in [0.25, 0.3) is 5.91 Å². The van der Waals surface area contributed by atoms with Gasteiger partial charge in [-0.25, -0.2) is 4.98 Å². The van der Waals surface area contributed by atoms with Gasteiger partial charge in [-0.15, -0.1) is 0 Å². The molecule has 3 aromatic rings. The van der Waals surface area contributed by atoms with Gasteiger partial charge in [-0.1, -0.05) is 0 Å². The van der Waals surface area contributed by atoms with E-state index in [1.54, 1.807) is 22.9 Å². The molecule has 0 radical (unpaired) electrons. The Morgan fingerprint density at radius 1 is 1.34 bits per heavy atom. The van der Waals surface area contributed by atoms with Gasteiger partial charge in [0.15, 0.2) is 0 Å². The summed E-state index contributed by atoms with van der Waals surface area (Å²) < 4.78 is 9.40. The third-order valence-electron chi connectivity index (χ3n) is 4.99. The number of imidazole rings is 1. The second kappa shape index (κ2) is 7.21. The number of aryl methyl sites for hydroxylation is 2. The van der Waals surface area contributed by atoms with Gasteiger partial charge < -0.3 is 20.8 Å². The lowest BCUT2D eigenvalue weighted by Crippen LogP contribution is -2.27. The number of amides is 2. The molecule has 0 bridgehead atoms. The maximum Gasteiger partial charge on any atom is 0.276 e. The van der Waals surface area contributed by atoms with Crippen LogP contribution in [0.15, 0.2) is 18.2 Å². The molecule has 2 aromatic heterocycles. The van der Waals surface area contributed by atoms with E-state index in [1.807, 2.05) is 18.4 Å². The van der Waals surface area contributed by atoms with Crippen LogP contribution in [0.25, 0.3) is 11.0 Å². The van der Waals surface area contributed by atoms with E-state index in [0.717, 1.165) is 5.69 Å². The number of hydrogen-bond acceptors (Lipinski definition) is 6. The van der Waals surface area contributed by atoms with Gasteiger partial charge >= 0.3 is 0 Å². The number of nitrogens with zero attached hydrogens (tertiary/aromatic N) is 4. The van der Waals surface area contributed by atoms with Gasteiger partial charge in [0.05, 0.1) is 17.3 Å². The van der Waals surface area contributed by atoms with Gasteiger partial charge in [0.1, 0.15) is 23.6 Å². The molecular weight excluding hydrogens is 374 g/mol. The van der Waals surface area contributed by atoms with Crippen LogP contribution in [0.2, 0.25) is 0 Å². The first-order valence-corrected chi connectivity index (χ1v) is 9.47. The molecule has 5 N–H and O–H groups in total. The van der Waals surface area contributed by atoms with Crippen LogP contribution in [-0.2, 0) is 6.54 Å². The number of nitrogens with two attached hydrogens (primary N) is 2. The molecule has 29 heavy (non-hydrogen) atoms. The molecule has 4 rings (SSSR count). The Kier molecular flexibility index (Phi) is 4.71. The summed E-state index contributed by atoms with van der Waals surface area (Å²) in [5.41, 5.74) is 13.9. The van der Waals surface area contributed by atoms with Crippen molar-refractivity contribution in [2.45, 2.75) is 32.9 Å². The van der Waals surface area contributed by atoms with Crippen molar-refractivity contribution in [3.8, 4) is 5.75 Å². The normalized spacial score (nSPS) is 15.3. The Morgan fingerprint density at radius 2 is 2.14 bits per heavy atom. The molecule has 10 heteroatoms. The minimum Gasteiger partial charge on any atom is -0.489 e. The van der Waals surface area contributed by atoms with Crippen molar-refractivity contribution in [1.82, 2.24) is 19.3 Å². The van der Waals surface area contributed by atoms with Crippen LogP contribution in [0.4, 0.5) is 5.95 Å². The van der Waals surface area contributed by atoms with E-state index in [4.69, 9.17) is 16.2 Å². The third kappa shape index (κ3) is 3.21. The molecular formula is C19H23N7O3. The predicted octanol–water partition coefficient (Wildman–Crippen LogP) is 1.19. The topological polar surface area (TPSA) is 143 Å². The molecule has 0 saturated heterocycles. The summed E-state index contributed by atoms with van der Waals surface area (Å²) in [7, 11) is 0. The monoisotopic (exact) mass is 397 g/mol. The van der Waals surface area contributed by atoms with E-state index in [9.17, 15) is 9.59 Å². The fourth-order valence-electron chi connectivity index (χ4n) is 3.69. The number of ether oxygens (including phenoxy) is 1. The zero-order valence-electron chi connectivity index (χ0n) is 16.3. The maximum atomic E-state index is 12.9. The Hall–Kier alpha value is -3.40. The third-order valence-corrected chi connectivity index (χ3v) is 4.99. The quantitative estimate of drug-likeness (QED) is 0.570. The summed E-state index contributed by atoms with van der Waals surface area (Å²) in [4.78, 5) is 29.2. The standard InChI is InChI=1S/C19H23N7O3/c1-3-25-14(6-10(2)24-25)18(28)23-19-22-13-7-11(17(21)27)8-15-16(13)26(19)12(4-5-20)9-29-15/h6-8,12H,3-5,9,20H2,1-2H3,(H2,21,27)(H,22,23,28)/t12-/m0/s1.